The van der Waals surface area contributed by atoms with Crippen molar-refractivity contribution >= 4 is 17.5 Å². The van der Waals surface area contributed by atoms with Crippen molar-refractivity contribution in [2.75, 3.05) is 4.90 Å². The van der Waals surface area contributed by atoms with Gasteiger partial charge in [0, 0.05) is 0 Å². The normalized spacial score (nSPS) is 33.2. The highest BCUT2D eigenvalue weighted by Crippen LogP contribution is 2.53. The number of rotatable bonds is 2. The summed E-state index contributed by atoms with van der Waals surface area (Å²) < 4.78 is 0. The molecule has 2 amide bonds. The van der Waals surface area contributed by atoms with Gasteiger partial charge in [-0.3, -0.25) is 14.5 Å². The Morgan fingerprint density at radius 1 is 1.09 bits per heavy atom. The third-order valence-corrected chi connectivity index (χ3v) is 5.32. The van der Waals surface area contributed by atoms with E-state index in [1.54, 1.807) is 12.1 Å². The molecule has 2 bridgehead atoms. The molecule has 2 aliphatic carbocycles. The lowest BCUT2D eigenvalue weighted by molar-refractivity contribution is -0.123. The number of carbonyl (C=O) groups excluding carboxylic acids is 2. The molecule has 0 radical (unpaired) electrons. The lowest BCUT2D eigenvalue weighted by Gasteiger charge is -2.17. The summed E-state index contributed by atoms with van der Waals surface area (Å²) in [5, 5.41) is 8.95. The first-order valence-corrected chi connectivity index (χ1v) is 7.67. The molecular formula is C18H16N2O2. The summed E-state index contributed by atoms with van der Waals surface area (Å²) in [5.41, 5.74) is 1.52. The van der Waals surface area contributed by atoms with Crippen molar-refractivity contribution in [3.8, 4) is 6.07 Å². The van der Waals surface area contributed by atoms with Crippen LogP contribution in [0.4, 0.5) is 5.69 Å². The number of hydrogen-bond acceptors (Lipinski definition) is 3. The Hall–Kier alpha value is -2.41. The number of anilines is 1. The van der Waals surface area contributed by atoms with Gasteiger partial charge < -0.3 is 0 Å². The highest BCUT2D eigenvalue weighted by atomic mass is 16.2. The Morgan fingerprint density at radius 2 is 1.64 bits per heavy atom. The summed E-state index contributed by atoms with van der Waals surface area (Å²) in [6.45, 7) is 1.83. The molecule has 1 aliphatic heterocycles. The van der Waals surface area contributed by atoms with E-state index in [4.69, 9.17) is 5.26 Å². The van der Waals surface area contributed by atoms with Crippen LogP contribution in [-0.4, -0.2) is 11.8 Å². The molecule has 1 saturated carbocycles. The maximum absolute atomic E-state index is 12.7. The van der Waals surface area contributed by atoms with Gasteiger partial charge in [0.25, 0.3) is 0 Å². The molecule has 1 aromatic rings. The Labute approximate surface area is 129 Å². The van der Waals surface area contributed by atoms with Gasteiger partial charge in [-0.05, 0) is 42.9 Å². The van der Waals surface area contributed by atoms with E-state index in [9.17, 15) is 9.59 Å². The molecule has 5 atom stereocenters. The van der Waals surface area contributed by atoms with Crippen molar-refractivity contribution in [3.05, 3.63) is 42.0 Å². The van der Waals surface area contributed by atoms with Gasteiger partial charge >= 0.3 is 0 Å². The van der Waals surface area contributed by atoms with Crippen LogP contribution < -0.4 is 4.90 Å². The smallest absolute Gasteiger partial charge is 0.238 e. The van der Waals surface area contributed by atoms with Gasteiger partial charge in [-0.2, -0.15) is 5.26 Å². The zero-order chi connectivity index (χ0) is 15.4. The lowest BCUT2D eigenvalue weighted by Crippen LogP contribution is -2.32. The first-order valence-electron chi connectivity index (χ1n) is 7.67. The van der Waals surface area contributed by atoms with Gasteiger partial charge in [-0.1, -0.05) is 24.3 Å². The largest absolute Gasteiger partial charge is 0.274 e. The van der Waals surface area contributed by atoms with Crippen LogP contribution in [0.15, 0.2) is 36.4 Å². The summed E-state index contributed by atoms with van der Waals surface area (Å²) in [7, 11) is 0. The number of nitrogens with zero attached hydrogens (tertiary/aromatic N) is 2. The van der Waals surface area contributed by atoms with Crippen LogP contribution >= 0.6 is 0 Å². The Morgan fingerprint density at radius 3 is 2.14 bits per heavy atom. The molecule has 3 aliphatic rings. The maximum Gasteiger partial charge on any atom is 0.238 e. The zero-order valence-electron chi connectivity index (χ0n) is 12.3. The van der Waals surface area contributed by atoms with Gasteiger partial charge in [0.1, 0.15) is 0 Å². The SMILES string of the molecule is C[C@@H](C#N)c1ccc(N2C(=O)[C@@H]3[C@H](C2=O)[C@H]2C=C[C@H]3C2)cc1. The van der Waals surface area contributed by atoms with E-state index < -0.39 is 0 Å². The predicted molar refractivity (Wildman–Crippen MR) is 80.7 cm³/mol. The minimum Gasteiger partial charge on any atom is -0.274 e. The van der Waals surface area contributed by atoms with Crippen LogP contribution in [0.25, 0.3) is 0 Å². The fraction of sp³-hybridized carbons (Fsp3) is 0.389. The summed E-state index contributed by atoms with van der Waals surface area (Å²) in [5.74, 6) is -0.191. The van der Waals surface area contributed by atoms with Crippen LogP contribution in [0, 0.1) is 35.0 Å². The van der Waals surface area contributed by atoms with Gasteiger partial charge in [0.05, 0.1) is 29.5 Å². The molecule has 4 heteroatoms. The first-order chi connectivity index (χ1) is 10.6. The first kappa shape index (κ1) is 13.3. The molecule has 110 valence electrons. The summed E-state index contributed by atoms with van der Waals surface area (Å²) in [6, 6.07) is 9.38. The molecule has 2 fully saturated rings. The second-order valence-electron chi connectivity index (χ2n) is 6.45. The van der Waals surface area contributed by atoms with Crippen molar-refractivity contribution < 1.29 is 9.59 Å². The van der Waals surface area contributed by atoms with Crippen LogP contribution in [0.1, 0.15) is 24.8 Å². The van der Waals surface area contributed by atoms with Gasteiger partial charge in [-0.15, -0.1) is 0 Å². The topological polar surface area (TPSA) is 61.2 Å². The number of allylic oxidation sites excluding steroid dienone is 2. The van der Waals surface area contributed by atoms with Crippen molar-refractivity contribution in [2.45, 2.75) is 19.3 Å². The average Bonchev–Trinajstić information content (AvgIpc) is 3.21. The molecule has 1 heterocycles. The van der Waals surface area contributed by atoms with Crippen molar-refractivity contribution in [2.24, 2.45) is 23.7 Å². The van der Waals surface area contributed by atoms with Crippen molar-refractivity contribution in [1.29, 1.82) is 5.26 Å². The second kappa shape index (κ2) is 4.54. The van der Waals surface area contributed by atoms with Crippen LogP contribution in [0.2, 0.25) is 0 Å². The van der Waals surface area contributed by atoms with Crippen molar-refractivity contribution in [3.63, 3.8) is 0 Å². The van der Waals surface area contributed by atoms with E-state index in [0.717, 1.165) is 12.0 Å². The number of imide groups is 1. The number of hydrogen-bond donors (Lipinski definition) is 0. The van der Waals surface area contributed by atoms with Gasteiger partial charge in [0.2, 0.25) is 11.8 Å². The highest BCUT2D eigenvalue weighted by Gasteiger charge is 2.59. The Kier molecular flexibility index (Phi) is 2.74. The Bertz CT molecular complexity index is 698. The number of carbonyl (C=O) groups is 2. The summed E-state index contributed by atoms with van der Waals surface area (Å²) in [4.78, 5) is 26.7. The molecular weight excluding hydrogens is 276 g/mol. The molecule has 4 rings (SSSR count). The van der Waals surface area contributed by atoms with Crippen LogP contribution in [0.3, 0.4) is 0 Å². The van der Waals surface area contributed by atoms with Crippen LogP contribution in [0.5, 0.6) is 0 Å². The molecule has 0 aromatic heterocycles. The number of nitriles is 1. The maximum atomic E-state index is 12.7. The molecule has 1 saturated heterocycles. The molecule has 22 heavy (non-hydrogen) atoms. The van der Waals surface area contributed by atoms with E-state index in [1.807, 2.05) is 19.1 Å². The molecule has 4 nitrogen and oxygen atoms in total. The Balaban J connectivity index is 1.66. The molecule has 1 aromatic carbocycles. The average molecular weight is 292 g/mol. The third kappa shape index (κ3) is 1.62. The number of benzene rings is 1. The monoisotopic (exact) mass is 292 g/mol. The van der Waals surface area contributed by atoms with Crippen molar-refractivity contribution in [1.82, 2.24) is 0 Å². The quantitative estimate of drug-likeness (QED) is 0.622. The predicted octanol–water partition coefficient (Wildman–Crippen LogP) is 2.63. The van der Waals surface area contributed by atoms with E-state index in [2.05, 4.69) is 18.2 Å². The van der Waals surface area contributed by atoms with Gasteiger partial charge in [0.15, 0.2) is 0 Å². The zero-order valence-corrected chi connectivity index (χ0v) is 12.3. The molecule has 0 N–H and O–H groups in total. The van der Waals surface area contributed by atoms with E-state index in [0.29, 0.717) is 5.69 Å². The van der Waals surface area contributed by atoms with Gasteiger partial charge in [-0.25, -0.2) is 0 Å². The number of amides is 2. The molecule has 0 unspecified atom stereocenters. The third-order valence-electron chi connectivity index (χ3n) is 5.32. The minimum atomic E-state index is -0.196. The van der Waals surface area contributed by atoms with Crippen LogP contribution in [-0.2, 0) is 9.59 Å². The second-order valence-corrected chi connectivity index (χ2v) is 6.45. The minimum absolute atomic E-state index is 0.0621. The molecule has 0 spiro atoms. The highest BCUT2D eigenvalue weighted by molar-refractivity contribution is 6.22. The lowest BCUT2D eigenvalue weighted by atomic mass is 9.85. The summed E-state index contributed by atoms with van der Waals surface area (Å²) >= 11 is 0. The standard InChI is InChI=1S/C18H16N2O2/c1-10(9-19)11-4-6-14(7-5-11)20-17(21)15-12-2-3-13(8-12)16(15)18(20)22/h2-7,10,12-13,15-16H,8H2,1H3/t10-,12-,13-,15-,16+/m0/s1. The van der Waals surface area contributed by atoms with E-state index in [-0.39, 0.29) is 41.4 Å². The fourth-order valence-electron chi connectivity index (χ4n) is 4.14. The van der Waals surface area contributed by atoms with E-state index >= 15 is 0 Å². The fourth-order valence-corrected chi connectivity index (χ4v) is 4.14. The summed E-state index contributed by atoms with van der Waals surface area (Å²) in [6.07, 6.45) is 5.13. The van der Waals surface area contributed by atoms with E-state index in [1.165, 1.54) is 4.90 Å². The number of fused-ring (bicyclic) bond motifs is 5.